The fourth-order valence-electron chi connectivity index (χ4n) is 6.58. The predicted molar refractivity (Wildman–Crippen MR) is 196 cm³/mol. The van der Waals surface area contributed by atoms with Crippen molar-refractivity contribution >= 4 is 55.7 Å². The van der Waals surface area contributed by atoms with Crippen molar-refractivity contribution in [1.82, 2.24) is 0 Å². The van der Waals surface area contributed by atoms with Gasteiger partial charge in [0.05, 0.1) is 17.1 Å². The van der Waals surface area contributed by atoms with Crippen molar-refractivity contribution in [2.45, 2.75) is 0 Å². The summed E-state index contributed by atoms with van der Waals surface area (Å²) in [4.78, 5) is 4.75. The molecule has 0 saturated heterocycles. The molecule has 0 aromatic heterocycles. The molecule has 0 N–H and O–H groups in total. The van der Waals surface area contributed by atoms with Crippen LogP contribution in [-0.4, -0.2) is 0 Å². The number of hydrogen-bond acceptors (Lipinski definition) is 2. The van der Waals surface area contributed by atoms with Crippen LogP contribution in [0.3, 0.4) is 0 Å². The lowest BCUT2D eigenvalue weighted by molar-refractivity contribution is 1.23. The summed E-state index contributed by atoms with van der Waals surface area (Å²) in [5.41, 5.74) is 9.07. The van der Waals surface area contributed by atoms with Crippen LogP contribution >= 0.6 is 0 Å². The standard InChI is InChI=1S/C44H32N2/c1-4-19-34(20-5-1)45(35-21-6-2-7-22-35)43-29-14-15-30-44(43)46(36-23-8-3-9-24-36)42-32-31-40(39-26-12-13-27-41(39)42)38-28-16-18-33-17-10-11-25-37(33)38/h1-32H. The minimum atomic E-state index is 1.09. The first-order chi connectivity index (χ1) is 22.9. The van der Waals surface area contributed by atoms with Crippen molar-refractivity contribution in [2.75, 3.05) is 9.80 Å². The van der Waals surface area contributed by atoms with E-state index in [9.17, 15) is 0 Å². The summed E-state index contributed by atoms with van der Waals surface area (Å²) in [7, 11) is 0. The Hall–Kier alpha value is -6.12. The van der Waals surface area contributed by atoms with E-state index in [1.165, 1.54) is 32.7 Å². The van der Waals surface area contributed by atoms with Crippen molar-refractivity contribution in [3.8, 4) is 11.1 Å². The zero-order valence-electron chi connectivity index (χ0n) is 25.4. The van der Waals surface area contributed by atoms with Gasteiger partial charge in [0, 0.05) is 22.4 Å². The normalized spacial score (nSPS) is 11.0. The Morgan fingerprint density at radius 1 is 0.239 bits per heavy atom. The lowest BCUT2D eigenvalue weighted by atomic mass is 9.93. The highest BCUT2D eigenvalue weighted by molar-refractivity contribution is 6.11. The van der Waals surface area contributed by atoms with Gasteiger partial charge in [-0.05, 0) is 81.9 Å². The lowest BCUT2D eigenvalue weighted by Crippen LogP contribution is -2.17. The summed E-state index contributed by atoms with van der Waals surface area (Å²) in [6.07, 6.45) is 0. The average molecular weight is 589 g/mol. The fourth-order valence-corrected chi connectivity index (χ4v) is 6.58. The third kappa shape index (κ3) is 4.96. The molecular weight excluding hydrogens is 556 g/mol. The molecule has 0 aliphatic heterocycles. The van der Waals surface area contributed by atoms with Gasteiger partial charge in [-0.1, -0.05) is 140 Å². The molecule has 0 bridgehead atoms. The second kappa shape index (κ2) is 12.1. The molecule has 2 heteroatoms. The summed E-state index contributed by atoms with van der Waals surface area (Å²) in [6, 6.07) is 69.3. The molecule has 0 aliphatic carbocycles. The third-order valence-corrected chi connectivity index (χ3v) is 8.63. The maximum absolute atomic E-state index is 2.41. The molecule has 2 nitrogen and oxygen atoms in total. The van der Waals surface area contributed by atoms with Gasteiger partial charge in [-0.2, -0.15) is 0 Å². The van der Waals surface area contributed by atoms with Crippen LogP contribution in [0.1, 0.15) is 0 Å². The van der Waals surface area contributed by atoms with Gasteiger partial charge in [0.1, 0.15) is 0 Å². The molecule has 8 aromatic carbocycles. The number of anilines is 6. The Kier molecular flexibility index (Phi) is 7.22. The number of hydrogen-bond donors (Lipinski definition) is 0. The second-order valence-electron chi connectivity index (χ2n) is 11.4. The quantitative estimate of drug-likeness (QED) is 0.183. The van der Waals surface area contributed by atoms with Crippen LogP contribution in [-0.2, 0) is 0 Å². The van der Waals surface area contributed by atoms with E-state index in [4.69, 9.17) is 0 Å². The second-order valence-corrected chi connectivity index (χ2v) is 11.4. The Bertz CT molecular complexity index is 2220. The first kappa shape index (κ1) is 27.4. The summed E-state index contributed by atoms with van der Waals surface area (Å²) < 4.78 is 0. The predicted octanol–water partition coefficient (Wildman–Crippen LogP) is 12.6. The molecule has 8 aromatic rings. The van der Waals surface area contributed by atoms with Crippen molar-refractivity contribution in [1.29, 1.82) is 0 Å². The van der Waals surface area contributed by atoms with Gasteiger partial charge >= 0.3 is 0 Å². The zero-order valence-corrected chi connectivity index (χ0v) is 25.4. The van der Waals surface area contributed by atoms with E-state index >= 15 is 0 Å². The van der Waals surface area contributed by atoms with Gasteiger partial charge in [-0.25, -0.2) is 0 Å². The summed E-state index contributed by atoms with van der Waals surface area (Å²) in [5.74, 6) is 0. The van der Waals surface area contributed by atoms with Crippen LogP contribution in [0.2, 0.25) is 0 Å². The van der Waals surface area contributed by atoms with Crippen LogP contribution in [0.15, 0.2) is 194 Å². The Balaban J connectivity index is 1.38. The number of fused-ring (bicyclic) bond motifs is 2. The van der Waals surface area contributed by atoms with E-state index in [1.807, 2.05) is 0 Å². The maximum Gasteiger partial charge on any atom is 0.0702 e. The molecule has 0 atom stereocenters. The van der Waals surface area contributed by atoms with Crippen molar-refractivity contribution in [3.63, 3.8) is 0 Å². The summed E-state index contributed by atoms with van der Waals surface area (Å²) >= 11 is 0. The van der Waals surface area contributed by atoms with Crippen LogP contribution < -0.4 is 9.80 Å². The van der Waals surface area contributed by atoms with Gasteiger partial charge in [0.15, 0.2) is 0 Å². The average Bonchev–Trinajstić information content (AvgIpc) is 3.14. The monoisotopic (exact) mass is 588 g/mol. The van der Waals surface area contributed by atoms with E-state index in [1.54, 1.807) is 0 Å². The molecule has 0 heterocycles. The lowest BCUT2D eigenvalue weighted by Gasteiger charge is -2.33. The van der Waals surface area contributed by atoms with Gasteiger partial charge in [0.2, 0.25) is 0 Å². The number of para-hydroxylation sites is 5. The number of nitrogens with zero attached hydrogens (tertiary/aromatic N) is 2. The molecule has 0 aliphatic rings. The van der Waals surface area contributed by atoms with Gasteiger partial charge < -0.3 is 9.80 Å². The highest BCUT2D eigenvalue weighted by Gasteiger charge is 2.23. The molecule has 46 heavy (non-hydrogen) atoms. The highest BCUT2D eigenvalue weighted by atomic mass is 15.2. The maximum atomic E-state index is 2.41. The number of rotatable bonds is 7. The van der Waals surface area contributed by atoms with E-state index in [2.05, 4.69) is 204 Å². The Labute approximate surface area is 270 Å². The molecule has 0 unspecified atom stereocenters. The Morgan fingerprint density at radius 2 is 0.674 bits per heavy atom. The zero-order chi connectivity index (χ0) is 30.7. The summed E-state index contributed by atoms with van der Waals surface area (Å²) in [6.45, 7) is 0. The molecule has 0 spiro atoms. The molecule has 0 amide bonds. The SMILES string of the molecule is c1ccc(N(c2ccccc2)c2ccccc2N(c2ccccc2)c2ccc(-c3cccc4ccccc34)c3ccccc23)cc1. The fraction of sp³-hybridized carbons (Fsp3) is 0. The molecule has 0 saturated carbocycles. The highest BCUT2D eigenvalue weighted by Crippen LogP contribution is 2.48. The topological polar surface area (TPSA) is 6.48 Å². The first-order valence-corrected chi connectivity index (χ1v) is 15.7. The minimum absolute atomic E-state index is 1.09. The van der Waals surface area contributed by atoms with Crippen molar-refractivity contribution in [2.24, 2.45) is 0 Å². The number of benzene rings is 8. The Morgan fingerprint density at radius 3 is 1.30 bits per heavy atom. The van der Waals surface area contributed by atoms with E-state index < -0.39 is 0 Å². The molecule has 0 radical (unpaired) electrons. The smallest absolute Gasteiger partial charge is 0.0702 e. The molecule has 218 valence electrons. The van der Waals surface area contributed by atoms with E-state index in [-0.39, 0.29) is 0 Å². The molecule has 8 rings (SSSR count). The third-order valence-electron chi connectivity index (χ3n) is 8.63. The summed E-state index contributed by atoms with van der Waals surface area (Å²) in [5, 5.41) is 4.92. The van der Waals surface area contributed by atoms with Crippen LogP contribution in [0, 0.1) is 0 Å². The van der Waals surface area contributed by atoms with E-state index in [0.717, 1.165) is 34.1 Å². The largest absolute Gasteiger partial charge is 0.308 e. The van der Waals surface area contributed by atoms with Crippen molar-refractivity contribution in [3.05, 3.63) is 194 Å². The molecule has 0 fully saturated rings. The van der Waals surface area contributed by atoms with Gasteiger partial charge in [0.25, 0.3) is 0 Å². The van der Waals surface area contributed by atoms with E-state index in [0.29, 0.717) is 0 Å². The van der Waals surface area contributed by atoms with Crippen LogP contribution in [0.5, 0.6) is 0 Å². The van der Waals surface area contributed by atoms with Gasteiger partial charge in [-0.15, -0.1) is 0 Å². The molecular formula is C44H32N2. The van der Waals surface area contributed by atoms with Gasteiger partial charge in [-0.3, -0.25) is 0 Å². The first-order valence-electron chi connectivity index (χ1n) is 15.7. The minimum Gasteiger partial charge on any atom is -0.308 e. The van der Waals surface area contributed by atoms with Crippen LogP contribution in [0.25, 0.3) is 32.7 Å². The van der Waals surface area contributed by atoms with Crippen LogP contribution in [0.4, 0.5) is 34.1 Å². The van der Waals surface area contributed by atoms with Crippen molar-refractivity contribution < 1.29 is 0 Å².